The average Bonchev–Trinajstić information content (AvgIpc) is 3.41. The summed E-state index contributed by atoms with van der Waals surface area (Å²) in [6.07, 6.45) is 3.54. The Labute approximate surface area is 181 Å². The van der Waals surface area contributed by atoms with Gasteiger partial charge in [-0.1, -0.05) is 6.07 Å². The number of carbonyl (C=O) groups is 1. The molecule has 1 aliphatic heterocycles. The summed E-state index contributed by atoms with van der Waals surface area (Å²) in [6.45, 7) is 4.54. The standard InChI is InChI=1S/C12H14N2O3.C11H13NO2/c1-9(15)14-12-4-3-11(17-6-5-16-2)7-10(12)8-13-14;1-13-4-5-14-11-3-2-9-7-12-8-10(9)6-11/h3-4,7-8H,5-6H2,1-2H3;2-3,6,8H,4-5,7H2,1H3. The van der Waals surface area contributed by atoms with Crippen LogP contribution in [0.2, 0.25) is 0 Å². The third-order valence-corrected chi connectivity index (χ3v) is 4.56. The van der Waals surface area contributed by atoms with Crippen LogP contribution in [0.5, 0.6) is 11.5 Å². The van der Waals surface area contributed by atoms with Gasteiger partial charge in [0.15, 0.2) is 0 Å². The molecule has 8 nitrogen and oxygen atoms in total. The number of hydrogen-bond acceptors (Lipinski definition) is 7. The van der Waals surface area contributed by atoms with Crippen molar-refractivity contribution in [3.8, 4) is 11.5 Å². The molecule has 0 saturated carbocycles. The Morgan fingerprint density at radius 2 is 1.65 bits per heavy atom. The average molecular weight is 425 g/mol. The summed E-state index contributed by atoms with van der Waals surface area (Å²) in [5.74, 6) is 1.53. The van der Waals surface area contributed by atoms with E-state index in [1.165, 1.54) is 22.7 Å². The molecule has 3 aromatic rings. The minimum atomic E-state index is -0.104. The molecule has 0 aliphatic carbocycles. The van der Waals surface area contributed by atoms with E-state index in [1.807, 2.05) is 36.5 Å². The van der Waals surface area contributed by atoms with Gasteiger partial charge < -0.3 is 18.9 Å². The molecule has 0 spiro atoms. The number of ether oxygens (including phenoxy) is 4. The van der Waals surface area contributed by atoms with E-state index in [0.29, 0.717) is 26.4 Å². The largest absolute Gasteiger partial charge is 0.491 e. The number of carbonyl (C=O) groups excluding carboxylic acids is 1. The van der Waals surface area contributed by atoms with Crippen LogP contribution in [0.3, 0.4) is 0 Å². The number of methoxy groups -OCH3 is 2. The SMILES string of the molecule is COCCOc1ccc2c(c1)C=NC2.COCCOc1ccc2c(cnn2C(C)=O)c1. The van der Waals surface area contributed by atoms with E-state index in [0.717, 1.165) is 28.9 Å². The highest BCUT2D eigenvalue weighted by Crippen LogP contribution is 2.21. The van der Waals surface area contributed by atoms with Gasteiger partial charge in [-0.05, 0) is 35.9 Å². The van der Waals surface area contributed by atoms with Crippen molar-refractivity contribution >= 4 is 23.0 Å². The van der Waals surface area contributed by atoms with E-state index in [2.05, 4.69) is 16.2 Å². The summed E-state index contributed by atoms with van der Waals surface area (Å²) in [5, 5.41) is 4.90. The summed E-state index contributed by atoms with van der Waals surface area (Å²) in [7, 11) is 3.29. The molecular weight excluding hydrogens is 398 g/mol. The molecule has 0 radical (unpaired) electrons. The van der Waals surface area contributed by atoms with Gasteiger partial charge in [-0.15, -0.1) is 0 Å². The molecule has 0 unspecified atom stereocenters. The molecule has 164 valence electrons. The van der Waals surface area contributed by atoms with E-state index < -0.39 is 0 Å². The van der Waals surface area contributed by atoms with Crippen LogP contribution in [0.4, 0.5) is 0 Å². The Balaban J connectivity index is 0.000000179. The second-order valence-electron chi connectivity index (χ2n) is 6.81. The number of benzene rings is 2. The smallest absolute Gasteiger partial charge is 0.244 e. The van der Waals surface area contributed by atoms with E-state index >= 15 is 0 Å². The number of hydrogen-bond donors (Lipinski definition) is 0. The third kappa shape index (κ3) is 6.13. The molecule has 4 rings (SSSR count). The predicted molar refractivity (Wildman–Crippen MR) is 119 cm³/mol. The lowest BCUT2D eigenvalue weighted by Gasteiger charge is -2.06. The minimum absolute atomic E-state index is 0.104. The summed E-state index contributed by atoms with van der Waals surface area (Å²) in [6, 6.07) is 11.6. The first-order chi connectivity index (χ1) is 15.1. The van der Waals surface area contributed by atoms with Crippen LogP contribution in [0.25, 0.3) is 10.9 Å². The molecule has 0 atom stereocenters. The molecule has 0 saturated heterocycles. The molecule has 8 heteroatoms. The number of aromatic nitrogens is 2. The van der Waals surface area contributed by atoms with E-state index in [1.54, 1.807) is 20.4 Å². The van der Waals surface area contributed by atoms with Gasteiger partial charge in [0.05, 0.1) is 31.5 Å². The highest BCUT2D eigenvalue weighted by molar-refractivity contribution is 5.90. The molecule has 1 aliphatic rings. The maximum atomic E-state index is 11.3. The number of fused-ring (bicyclic) bond motifs is 2. The van der Waals surface area contributed by atoms with Crippen LogP contribution in [0.1, 0.15) is 22.8 Å². The van der Waals surface area contributed by atoms with Gasteiger partial charge in [0.1, 0.15) is 24.7 Å². The Bertz CT molecular complexity index is 1040. The zero-order chi connectivity index (χ0) is 22.1. The van der Waals surface area contributed by atoms with Crippen molar-refractivity contribution in [2.75, 3.05) is 40.6 Å². The van der Waals surface area contributed by atoms with Gasteiger partial charge in [-0.3, -0.25) is 9.79 Å². The van der Waals surface area contributed by atoms with E-state index in [9.17, 15) is 4.79 Å². The fraction of sp³-hybridized carbons (Fsp3) is 0.348. The molecule has 1 aromatic heterocycles. The van der Waals surface area contributed by atoms with Crippen LogP contribution >= 0.6 is 0 Å². The Morgan fingerprint density at radius 3 is 2.32 bits per heavy atom. The Hall–Kier alpha value is -3.23. The van der Waals surface area contributed by atoms with Gasteiger partial charge >= 0.3 is 0 Å². The zero-order valence-corrected chi connectivity index (χ0v) is 18.0. The summed E-state index contributed by atoms with van der Waals surface area (Å²) in [4.78, 5) is 15.5. The number of nitrogens with zero attached hydrogens (tertiary/aromatic N) is 3. The predicted octanol–water partition coefficient (Wildman–Crippen LogP) is 3.37. The molecular formula is C23H27N3O5. The molecule has 0 bridgehead atoms. The van der Waals surface area contributed by atoms with Crippen molar-refractivity contribution in [1.82, 2.24) is 9.78 Å². The first-order valence-electron chi connectivity index (χ1n) is 9.97. The molecule has 2 aromatic carbocycles. The van der Waals surface area contributed by atoms with Gasteiger partial charge in [0.2, 0.25) is 5.91 Å². The molecule has 2 heterocycles. The lowest BCUT2D eigenvalue weighted by molar-refractivity contribution is 0.0926. The normalized spacial score (nSPS) is 11.7. The van der Waals surface area contributed by atoms with E-state index in [-0.39, 0.29) is 5.91 Å². The maximum Gasteiger partial charge on any atom is 0.244 e. The van der Waals surface area contributed by atoms with Gasteiger partial charge in [-0.2, -0.15) is 5.10 Å². The molecule has 0 N–H and O–H groups in total. The summed E-state index contributed by atoms with van der Waals surface area (Å²) in [5.41, 5.74) is 3.22. The van der Waals surface area contributed by atoms with Crippen molar-refractivity contribution in [3.63, 3.8) is 0 Å². The lowest BCUT2D eigenvalue weighted by atomic mass is 10.1. The van der Waals surface area contributed by atoms with Gasteiger partial charge in [0.25, 0.3) is 0 Å². The van der Waals surface area contributed by atoms with Crippen LogP contribution in [0.15, 0.2) is 47.6 Å². The number of rotatable bonds is 8. The first kappa shape index (κ1) is 22.5. The Kier molecular flexibility index (Phi) is 8.14. The van der Waals surface area contributed by atoms with E-state index in [4.69, 9.17) is 18.9 Å². The topological polar surface area (TPSA) is 84.2 Å². The lowest BCUT2D eigenvalue weighted by Crippen LogP contribution is -2.06. The molecule has 31 heavy (non-hydrogen) atoms. The Morgan fingerprint density at radius 1 is 0.968 bits per heavy atom. The van der Waals surface area contributed by atoms with Gasteiger partial charge in [0, 0.05) is 38.3 Å². The van der Waals surface area contributed by atoms with Crippen LogP contribution in [0, 0.1) is 0 Å². The fourth-order valence-corrected chi connectivity index (χ4v) is 3.01. The third-order valence-electron chi connectivity index (χ3n) is 4.56. The monoisotopic (exact) mass is 425 g/mol. The van der Waals surface area contributed by atoms with Crippen molar-refractivity contribution < 1.29 is 23.7 Å². The highest BCUT2D eigenvalue weighted by atomic mass is 16.5. The quantitative estimate of drug-likeness (QED) is 0.515. The highest BCUT2D eigenvalue weighted by Gasteiger charge is 2.07. The van der Waals surface area contributed by atoms with Crippen LogP contribution in [-0.2, 0) is 16.0 Å². The van der Waals surface area contributed by atoms with Crippen molar-refractivity contribution in [3.05, 3.63) is 53.7 Å². The second-order valence-corrected chi connectivity index (χ2v) is 6.81. The molecule has 0 fully saturated rings. The first-order valence-corrected chi connectivity index (χ1v) is 9.97. The fourth-order valence-electron chi connectivity index (χ4n) is 3.01. The summed E-state index contributed by atoms with van der Waals surface area (Å²) >= 11 is 0. The maximum absolute atomic E-state index is 11.3. The van der Waals surface area contributed by atoms with Crippen molar-refractivity contribution in [2.45, 2.75) is 13.5 Å². The summed E-state index contributed by atoms with van der Waals surface area (Å²) < 4.78 is 22.1. The minimum Gasteiger partial charge on any atom is -0.491 e. The number of aliphatic imine (C=N–C) groups is 1. The zero-order valence-electron chi connectivity index (χ0n) is 18.0. The van der Waals surface area contributed by atoms with Crippen molar-refractivity contribution in [2.24, 2.45) is 4.99 Å². The molecule has 0 amide bonds. The van der Waals surface area contributed by atoms with Crippen molar-refractivity contribution in [1.29, 1.82) is 0 Å². The van der Waals surface area contributed by atoms with Gasteiger partial charge in [-0.25, -0.2) is 4.68 Å². The van der Waals surface area contributed by atoms with Crippen LogP contribution < -0.4 is 9.47 Å². The second kappa shape index (κ2) is 11.2. The van der Waals surface area contributed by atoms with Crippen LogP contribution in [-0.4, -0.2) is 62.5 Å².